The van der Waals surface area contributed by atoms with E-state index in [1.54, 1.807) is 19.1 Å². The Morgan fingerprint density at radius 2 is 1.85 bits per heavy atom. The Hall–Kier alpha value is -3.24. The van der Waals surface area contributed by atoms with E-state index in [1.807, 2.05) is 0 Å². The van der Waals surface area contributed by atoms with Crippen molar-refractivity contribution in [1.29, 1.82) is 0 Å². The predicted molar refractivity (Wildman–Crippen MR) is 119 cm³/mol. The number of carbonyl (C=O) groups is 3. The van der Waals surface area contributed by atoms with Crippen LogP contribution in [0.2, 0.25) is 0 Å². The number of anilines is 1. The van der Waals surface area contributed by atoms with Gasteiger partial charge in [0.2, 0.25) is 10.0 Å². The molecule has 0 atom stereocenters. The summed E-state index contributed by atoms with van der Waals surface area (Å²) in [5.41, 5.74) is 1.24. The van der Waals surface area contributed by atoms with Gasteiger partial charge in [0.05, 0.1) is 16.1 Å². The second-order valence-electron chi connectivity index (χ2n) is 7.99. The topological polar surface area (TPSA) is 119 Å². The zero-order chi connectivity index (χ0) is 23.6. The molecule has 0 saturated carbocycles. The van der Waals surface area contributed by atoms with Crippen molar-refractivity contribution in [3.63, 3.8) is 0 Å². The van der Waals surface area contributed by atoms with Crippen molar-refractivity contribution in [3.05, 3.63) is 53.1 Å². The van der Waals surface area contributed by atoms with E-state index in [1.165, 1.54) is 28.6 Å². The molecule has 0 spiro atoms. The quantitative estimate of drug-likeness (QED) is 0.507. The maximum Gasteiger partial charge on any atom is 0.338 e. The summed E-state index contributed by atoms with van der Waals surface area (Å²) in [5.74, 6) is -1.13. The first kappa shape index (κ1) is 22.9. The first-order valence-electron chi connectivity index (χ1n) is 10.6. The minimum absolute atomic E-state index is 0.0266. The third-order valence-corrected chi connectivity index (χ3v) is 7.55. The lowest BCUT2D eigenvalue weighted by Crippen LogP contribution is -2.35. The molecular weight excluding hydrogens is 448 g/mol. The number of hydrogen-bond acceptors (Lipinski definition) is 7. The molecule has 0 radical (unpaired) electrons. The Bertz CT molecular complexity index is 1220. The van der Waals surface area contributed by atoms with E-state index in [-0.39, 0.29) is 28.5 Å². The van der Waals surface area contributed by atoms with E-state index in [9.17, 15) is 22.8 Å². The van der Waals surface area contributed by atoms with Crippen LogP contribution in [0.3, 0.4) is 0 Å². The number of rotatable bonds is 6. The molecule has 2 aliphatic heterocycles. The Labute approximate surface area is 191 Å². The summed E-state index contributed by atoms with van der Waals surface area (Å²) in [6.07, 6.45) is 2.61. The van der Waals surface area contributed by atoms with Crippen molar-refractivity contribution in [2.24, 2.45) is 0 Å². The largest absolute Gasteiger partial charge is 0.482 e. The highest BCUT2D eigenvalue weighted by Crippen LogP contribution is 2.29. The van der Waals surface area contributed by atoms with E-state index in [4.69, 9.17) is 9.47 Å². The van der Waals surface area contributed by atoms with E-state index >= 15 is 0 Å². The molecule has 1 amide bonds. The van der Waals surface area contributed by atoms with Crippen LogP contribution in [0.1, 0.15) is 45.5 Å². The zero-order valence-corrected chi connectivity index (χ0v) is 18.9. The number of ether oxygens (including phenoxy) is 2. The monoisotopic (exact) mass is 472 g/mol. The molecule has 0 bridgehead atoms. The van der Waals surface area contributed by atoms with Gasteiger partial charge in [-0.3, -0.25) is 9.59 Å². The minimum atomic E-state index is -3.71. The Kier molecular flexibility index (Phi) is 6.48. The maximum absolute atomic E-state index is 12.9. The van der Waals surface area contributed by atoms with Crippen molar-refractivity contribution < 1.29 is 32.3 Å². The highest BCUT2D eigenvalue weighted by Gasteiger charge is 2.27. The summed E-state index contributed by atoms with van der Waals surface area (Å²) in [6.45, 7) is 1.95. The molecule has 1 fully saturated rings. The van der Waals surface area contributed by atoms with Gasteiger partial charge >= 0.3 is 5.97 Å². The number of aryl methyl sites for hydroxylation is 1. The maximum atomic E-state index is 12.9. The molecule has 0 unspecified atom stereocenters. The fraction of sp³-hybridized carbons (Fsp3) is 0.348. The van der Waals surface area contributed by atoms with Gasteiger partial charge in [-0.2, -0.15) is 4.31 Å². The van der Waals surface area contributed by atoms with E-state index in [2.05, 4.69) is 5.32 Å². The van der Waals surface area contributed by atoms with Crippen LogP contribution in [0.5, 0.6) is 5.75 Å². The summed E-state index contributed by atoms with van der Waals surface area (Å²) < 4.78 is 37.8. The molecule has 2 aromatic carbocycles. The average Bonchev–Trinajstić information content (AvgIpc) is 2.82. The lowest BCUT2D eigenvalue weighted by molar-refractivity contribution is -0.118. The van der Waals surface area contributed by atoms with Crippen molar-refractivity contribution in [2.75, 3.05) is 31.6 Å². The number of nitrogens with zero attached hydrogens (tertiary/aromatic N) is 1. The number of nitrogens with one attached hydrogen (secondary N) is 1. The molecule has 10 heteroatoms. The summed E-state index contributed by atoms with van der Waals surface area (Å²) in [4.78, 5) is 36.7. The summed E-state index contributed by atoms with van der Waals surface area (Å²) >= 11 is 0. The van der Waals surface area contributed by atoms with Gasteiger partial charge in [-0.1, -0.05) is 12.5 Å². The number of benzene rings is 2. The van der Waals surface area contributed by atoms with Gasteiger partial charge in [0, 0.05) is 18.7 Å². The van der Waals surface area contributed by atoms with E-state index in [0.29, 0.717) is 30.1 Å². The predicted octanol–water partition coefficient (Wildman–Crippen LogP) is 2.54. The van der Waals surface area contributed by atoms with Gasteiger partial charge in [-0.15, -0.1) is 0 Å². The average molecular weight is 473 g/mol. The summed E-state index contributed by atoms with van der Waals surface area (Å²) in [7, 11) is -3.71. The number of Topliss-reactive ketones (excluding diaryl/α,β-unsaturated/α-hetero) is 1. The van der Waals surface area contributed by atoms with Gasteiger partial charge < -0.3 is 14.8 Å². The smallest absolute Gasteiger partial charge is 0.338 e. The SMILES string of the molecule is Cc1ccc(S(=O)(=O)N2CCCCC2)cc1C(=O)OCC(=O)c1ccc2c(c1)NC(=O)CO2. The fourth-order valence-corrected chi connectivity index (χ4v) is 5.33. The Balaban J connectivity index is 1.46. The number of ketones is 1. The third kappa shape index (κ3) is 4.91. The lowest BCUT2D eigenvalue weighted by atomic mass is 10.1. The minimum Gasteiger partial charge on any atom is -0.482 e. The second kappa shape index (κ2) is 9.32. The third-order valence-electron chi connectivity index (χ3n) is 5.65. The molecule has 9 nitrogen and oxygen atoms in total. The highest BCUT2D eigenvalue weighted by molar-refractivity contribution is 7.89. The van der Waals surface area contributed by atoms with Crippen LogP contribution in [0.25, 0.3) is 0 Å². The Morgan fingerprint density at radius 3 is 2.61 bits per heavy atom. The van der Waals surface area contributed by atoms with Crippen LogP contribution in [0.15, 0.2) is 41.3 Å². The first-order chi connectivity index (χ1) is 15.8. The van der Waals surface area contributed by atoms with Crippen molar-refractivity contribution in [1.82, 2.24) is 4.31 Å². The molecule has 0 aliphatic carbocycles. The molecule has 4 rings (SSSR count). The van der Waals surface area contributed by atoms with Crippen LogP contribution < -0.4 is 10.1 Å². The second-order valence-corrected chi connectivity index (χ2v) is 9.93. The molecule has 2 aromatic rings. The zero-order valence-electron chi connectivity index (χ0n) is 18.1. The molecule has 174 valence electrons. The lowest BCUT2D eigenvalue weighted by Gasteiger charge is -2.26. The van der Waals surface area contributed by atoms with Gasteiger partial charge in [0.15, 0.2) is 19.0 Å². The summed E-state index contributed by atoms with van der Waals surface area (Å²) in [6, 6.07) is 8.87. The van der Waals surface area contributed by atoms with Crippen LogP contribution in [-0.4, -0.2) is 56.7 Å². The molecular formula is C23H24N2O7S. The van der Waals surface area contributed by atoms with Gasteiger partial charge in [0.1, 0.15) is 5.75 Å². The van der Waals surface area contributed by atoms with Crippen LogP contribution in [-0.2, 0) is 19.6 Å². The van der Waals surface area contributed by atoms with Gasteiger partial charge in [-0.25, -0.2) is 13.2 Å². The number of esters is 1. The van der Waals surface area contributed by atoms with Crippen molar-refractivity contribution in [3.8, 4) is 5.75 Å². The summed E-state index contributed by atoms with van der Waals surface area (Å²) in [5, 5.41) is 2.62. The molecule has 2 heterocycles. The first-order valence-corrected chi connectivity index (χ1v) is 12.1. The standard InChI is InChI=1S/C23H24N2O7S/c1-15-5-7-17(33(29,30)25-9-3-2-4-10-25)12-18(15)23(28)32-13-20(26)16-6-8-21-19(11-16)24-22(27)14-31-21/h5-8,11-12H,2-4,9-10,13-14H2,1H3,(H,24,27). The van der Waals surface area contributed by atoms with Crippen molar-refractivity contribution in [2.45, 2.75) is 31.1 Å². The number of carbonyl (C=O) groups excluding carboxylic acids is 3. The van der Waals surface area contributed by atoms with Crippen LogP contribution in [0, 0.1) is 6.92 Å². The number of piperidine rings is 1. The molecule has 2 aliphatic rings. The fourth-order valence-electron chi connectivity index (χ4n) is 3.78. The van der Waals surface area contributed by atoms with Crippen LogP contribution >= 0.6 is 0 Å². The Morgan fingerprint density at radius 1 is 1.09 bits per heavy atom. The highest BCUT2D eigenvalue weighted by atomic mass is 32.2. The number of amides is 1. The molecule has 1 N–H and O–H groups in total. The van der Waals surface area contributed by atoms with Gasteiger partial charge in [0.25, 0.3) is 5.91 Å². The molecule has 1 saturated heterocycles. The molecule has 33 heavy (non-hydrogen) atoms. The normalized spacial score (nSPS) is 16.3. The van der Waals surface area contributed by atoms with E-state index < -0.39 is 28.4 Å². The van der Waals surface area contributed by atoms with Gasteiger partial charge in [-0.05, 0) is 55.7 Å². The number of sulfonamides is 1. The number of hydrogen-bond donors (Lipinski definition) is 1. The number of fused-ring (bicyclic) bond motifs is 1. The van der Waals surface area contributed by atoms with Crippen molar-refractivity contribution >= 4 is 33.4 Å². The van der Waals surface area contributed by atoms with E-state index in [0.717, 1.165) is 19.3 Å². The molecule has 0 aromatic heterocycles. The van der Waals surface area contributed by atoms with Crippen LogP contribution in [0.4, 0.5) is 5.69 Å².